The summed E-state index contributed by atoms with van der Waals surface area (Å²) in [4.78, 5) is 37.8. The van der Waals surface area contributed by atoms with E-state index in [0.29, 0.717) is 28.5 Å². The second kappa shape index (κ2) is 11.7. The molecule has 0 fully saturated rings. The van der Waals surface area contributed by atoms with Crippen LogP contribution in [0.1, 0.15) is 25.3 Å². The molecule has 1 unspecified atom stereocenters. The lowest BCUT2D eigenvalue weighted by molar-refractivity contribution is -0.139. The molecule has 0 spiro atoms. The topological polar surface area (TPSA) is 95.9 Å². The van der Waals surface area contributed by atoms with E-state index in [2.05, 4.69) is 5.32 Å². The van der Waals surface area contributed by atoms with Gasteiger partial charge in [0.15, 0.2) is 0 Å². The fraction of sp³-hybridized carbons (Fsp3) is 0.320. The van der Waals surface area contributed by atoms with Crippen LogP contribution in [-0.4, -0.2) is 43.4 Å². The molecule has 2 heterocycles. The summed E-state index contributed by atoms with van der Waals surface area (Å²) in [6.07, 6.45) is 1.68. The minimum atomic E-state index is -0.809. The quantitative estimate of drug-likeness (QED) is 0.429. The number of rotatable bonds is 9. The highest BCUT2D eigenvalue weighted by molar-refractivity contribution is 6.31. The Hall–Kier alpha value is -3.36. The van der Waals surface area contributed by atoms with Crippen LogP contribution in [0.15, 0.2) is 76.0 Å². The van der Waals surface area contributed by atoms with E-state index in [4.69, 9.17) is 25.8 Å². The zero-order chi connectivity index (χ0) is 24.7. The number of carbonyl (C=O) groups is 2. The second-order valence-electron chi connectivity index (χ2n) is 7.51. The lowest BCUT2D eigenvalue weighted by atomic mass is 9.80. The summed E-state index contributed by atoms with van der Waals surface area (Å²) in [5, 5.41) is 3.52. The molecule has 1 aliphatic rings. The van der Waals surface area contributed by atoms with Gasteiger partial charge in [-0.2, -0.15) is 0 Å². The molecule has 1 aliphatic heterocycles. The van der Waals surface area contributed by atoms with Crippen LogP contribution in [0.5, 0.6) is 0 Å². The molecule has 0 bridgehead atoms. The number of allylic oxidation sites excluding steroid dienone is 1. The van der Waals surface area contributed by atoms with Gasteiger partial charge in [-0.15, -0.1) is 0 Å². The van der Waals surface area contributed by atoms with Gasteiger partial charge in [-0.1, -0.05) is 35.9 Å². The number of esters is 2. The summed E-state index contributed by atoms with van der Waals surface area (Å²) in [6, 6.07) is 11.9. The first kappa shape index (κ1) is 25.3. The van der Waals surface area contributed by atoms with Crippen LogP contribution in [-0.2, 0) is 30.3 Å². The molecular formula is C25H27ClN2O6. The van der Waals surface area contributed by atoms with E-state index < -0.39 is 17.9 Å². The monoisotopic (exact) mass is 486 g/mol. The van der Waals surface area contributed by atoms with Gasteiger partial charge in [0.2, 0.25) is 0 Å². The fourth-order valence-electron chi connectivity index (χ4n) is 3.84. The number of halogens is 1. The average molecular weight is 487 g/mol. The molecule has 0 radical (unpaired) electrons. The average Bonchev–Trinajstić information content (AvgIpc) is 2.82. The van der Waals surface area contributed by atoms with Crippen molar-refractivity contribution in [2.24, 2.45) is 0 Å². The highest BCUT2D eigenvalue weighted by atomic mass is 35.5. The van der Waals surface area contributed by atoms with Crippen LogP contribution in [0.2, 0.25) is 5.02 Å². The lowest BCUT2D eigenvalue weighted by Gasteiger charge is -2.31. The summed E-state index contributed by atoms with van der Waals surface area (Å²) in [6.45, 7) is 4.19. The van der Waals surface area contributed by atoms with Gasteiger partial charge in [0.1, 0.15) is 0 Å². The van der Waals surface area contributed by atoms with Crippen molar-refractivity contribution in [2.75, 3.05) is 26.9 Å². The lowest BCUT2D eigenvalue weighted by Crippen LogP contribution is -2.35. The molecule has 9 heteroatoms. The Morgan fingerprint density at radius 2 is 1.82 bits per heavy atom. The predicted octanol–water partition coefficient (Wildman–Crippen LogP) is 3.17. The van der Waals surface area contributed by atoms with Crippen LogP contribution in [0.4, 0.5) is 0 Å². The third-order valence-electron chi connectivity index (χ3n) is 5.38. The van der Waals surface area contributed by atoms with E-state index in [1.165, 1.54) is 17.7 Å². The van der Waals surface area contributed by atoms with E-state index in [9.17, 15) is 14.4 Å². The Kier molecular flexibility index (Phi) is 8.67. The van der Waals surface area contributed by atoms with Gasteiger partial charge in [0.05, 0.1) is 49.7 Å². The van der Waals surface area contributed by atoms with E-state index in [0.717, 1.165) is 0 Å². The Balaban J connectivity index is 1.98. The third-order valence-corrected chi connectivity index (χ3v) is 5.73. The number of benzene rings is 1. The van der Waals surface area contributed by atoms with Gasteiger partial charge < -0.3 is 24.1 Å². The predicted molar refractivity (Wildman–Crippen MR) is 127 cm³/mol. The van der Waals surface area contributed by atoms with Crippen molar-refractivity contribution in [1.82, 2.24) is 9.88 Å². The summed E-state index contributed by atoms with van der Waals surface area (Å²) < 4.78 is 17.7. The van der Waals surface area contributed by atoms with Gasteiger partial charge in [0.25, 0.3) is 5.56 Å². The maximum Gasteiger partial charge on any atom is 0.336 e. The number of nitrogens with zero attached hydrogens (tertiary/aromatic N) is 1. The molecule has 0 saturated heterocycles. The number of ether oxygens (including phenoxy) is 3. The van der Waals surface area contributed by atoms with Crippen LogP contribution >= 0.6 is 11.6 Å². The minimum Gasteiger partial charge on any atom is -0.466 e. The molecule has 1 N–H and O–H groups in total. The molecule has 34 heavy (non-hydrogen) atoms. The Morgan fingerprint density at radius 1 is 1.09 bits per heavy atom. The molecule has 1 aromatic carbocycles. The zero-order valence-electron chi connectivity index (χ0n) is 19.3. The summed E-state index contributed by atoms with van der Waals surface area (Å²) in [7, 11) is 1.28. The van der Waals surface area contributed by atoms with Crippen molar-refractivity contribution in [3.63, 3.8) is 0 Å². The summed E-state index contributed by atoms with van der Waals surface area (Å²) in [5.74, 6) is -1.98. The SMILES string of the molecule is CCOC(=O)C1=C(COCCn2ccccc2=O)NC(C)=C(C(=O)OC)C1c1ccccc1Cl. The molecule has 180 valence electrons. The smallest absolute Gasteiger partial charge is 0.336 e. The summed E-state index contributed by atoms with van der Waals surface area (Å²) in [5.41, 5.74) is 1.89. The van der Waals surface area contributed by atoms with Gasteiger partial charge in [0, 0.05) is 29.5 Å². The molecular weight excluding hydrogens is 460 g/mol. The number of dihydropyridines is 1. The first-order valence-electron chi connectivity index (χ1n) is 10.8. The maximum absolute atomic E-state index is 13.1. The largest absolute Gasteiger partial charge is 0.466 e. The molecule has 2 aromatic rings. The van der Waals surface area contributed by atoms with E-state index in [-0.39, 0.29) is 36.5 Å². The third kappa shape index (κ3) is 5.58. The number of methoxy groups -OCH3 is 1. The van der Waals surface area contributed by atoms with Crippen molar-refractivity contribution < 1.29 is 23.8 Å². The van der Waals surface area contributed by atoms with Crippen LogP contribution < -0.4 is 10.9 Å². The Bertz CT molecular complexity index is 1180. The highest BCUT2D eigenvalue weighted by Gasteiger charge is 2.39. The number of nitrogens with one attached hydrogen (secondary N) is 1. The number of pyridine rings is 1. The van der Waals surface area contributed by atoms with E-state index in [1.54, 1.807) is 56.4 Å². The molecule has 0 amide bonds. The molecule has 1 atom stereocenters. The number of carbonyl (C=O) groups excluding carboxylic acids is 2. The van der Waals surface area contributed by atoms with E-state index >= 15 is 0 Å². The Labute approximate surface area is 202 Å². The minimum absolute atomic E-state index is 0.0302. The standard InChI is InChI=1S/C25H27ClN2O6/c1-4-34-25(31)23-19(15-33-14-13-28-12-8-7-11-20(28)29)27-16(2)21(24(30)32-3)22(23)17-9-5-6-10-18(17)26/h5-12,22,27H,4,13-15H2,1-3H3. The van der Waals surface area contributed by atoms with Crippen molar-refractivity contribution in [1.29, 1.82) is 0 Å². The van der Waals surface area contributed by atoms with Crippen molar-refractivity contribution in [2.45, 2.75) is 26.3 Å². The van der Waals surface area contributed by atoms with Crippen LogP contribution in [0.25, 0.3) is 0 Å². The fourth-order valence-corrected chi connectivity index (χ4v) is 4.09. The van der Waals surface area contributed by atoms with Gasteiger partial charge in [-0.3, -0.25) is 4.79 Å². The van der Waals surface area contributed by atoms with Gasteiger partial charge in [-0.25, -0.2) is 9.59 Å². The first-order valence-corrected chi connectivity index (χ1v) is 11.2. The molecule has 3 rings (SSSR count). The highest BCUT2D eigenvalue weighted by Crippen LogP contribution is 2.41. The zero-order valence-corrected chi connectivity index (χ0v) is 20.1. The maximum atomic E-state index is 13.1. The van der Waals surface area contributed by atoms with Crippen LogP contribution in [0, 0.1) is 0 Å². The Morgan fingerprint density at radius 3 is 2.50 bits per heavy atom. The van der Waals surface area contributed by atoms with E-state index in [1.807, 2.05) is 0 Å². The number of aromatic nitrogens is 1. The number of hydrogen-bond donors (Lipinski definition) is 1. The van der Waals surface area contributed by atoms with Gasteiger partial charge >= 0.3 is 11.9 Å². The van der Waals surface area contributed by atoms with Crippen molar-refractivity contribution in [3.8, 4) is 0 Å². The van der Waals surface area contributed by atoms with Crippen molar-refractivity contribution >= 4 is 23.5 Å². The number of hydrogen-bond acceptors (Lipinski definition) is 7. The normalized spacial score (nSPS) is 15.7. The van der Waals surface area contributed by atoms with Gasteiger partial charge in [-0.05, 0) is 31.5 Å². The van der Waals surface area contributed by atoms with Crippen molar-refractivity contribution in [3.05, 3.63) is 92.1 Å². The first-order chi connectivity index (χ1) is 16.4. The molecule has 8 nitrogen and oxygen atoms in total. The molecule has 0 saturated carbocycles. The molecule has 0 aliphatic carbocycles. The van der Waals surface area contributed by atoms with Crippen LogP contribution in [0.3, 0.4) is 0 Å². The summed E-state index contributed by atoms with van der Waals surface area (Å²) >= 11 is 6.49. The molecule has 1 aromatic heterocycles. The second-order valence-corrected chi connectivity index (χ2v) is 7.91.